The van der Waals surface area contributed by atoms with Crippen LogP contribution in [0.5, 0.6) is 0 Å². The van der Waals surface area contributed by atoms with Gasteiger partial charge < -0.3 is 15.1 Å². The molecule has 148 valence electrons. The van der Waals surface area contributed by atoms with E-state index in [0.717, 1.165) is 50.4 Å². The largest absolute Gasteiger partial charge is 0.372 e. The minimum absolute atomic E-state index is 0.0787. The molecule has 1 aliphatic rings. The zero-order valence-corrected chi connectivity index (χ0v) is 16.4. The minimum Gasteiger partial charge on any atom is -0.372 e. The number of benzene rings is 2. The molecule has 1 N–H and O–H groups in total. The second-order valence-corrected chi connectivity index (χ2v) is 6.83. The molecule has 0 atom stereocenters. The standard InChI is InChI=1S/C21H26N4O3/c1-3-23(4-2)17-9-7-16(8-10-17)22-21(26)19-15-18(25(27)28)11-12-20(19)24-13-5-6-14-24/h7-12,15H,3-6,13-14H2,1-2H3,(H,22,26). The number of nitro benzene ring substituents is 1. The van der Waals surface area contributed by atoms with E-state index in [0.29, 0.717) is 11.3 Å². The lowest BCUT2D eigenvalue weighted by Crippen LogP contribution is -2.23. The number of hydrogen-bond donors (Lipinski definition) is 1. The van der Waals surface area contributed by atoms with E-state index in [9.17, 15) is 14.9 Å². The van der Waals surface area contributed by atoms with E-state index in [1.165, 1.54) is 12.1 Å². The lowest BCUT2D eigenvalue weighted by Gasteiger charge is -2.22. The SMILES string of the molecule is CCN(CC)c1ccc(NC(=O)c2cc([N+](=O)[O-])ccc2N2CCCC2)cc1. The molecule has 0 unspecified atom stereocenters. The fourth-order valence-corrected chi connectivity index (χ4v) is 3.60. The van der Waals surface area contributed by atoms with Gasteiger partial charge in [0.15, 0.2) is 0 Å². The third kappa shape index (κ3) is 4.24. The second kappa shape index (κ2) is 8.73. The lowest BCUT2D eigenvalue weighted by atomic mass is 10.1. The van der Waals surface area contributed by atoms with Crippen molar-refractivity contribution in [2.24, 2.45) is 0 Å². The predicted octanol–water partition coefficient (Wildman–Crippen LogP) is 4.29. The van der Waals surface area contributed by atoms with E-state index in [-0.39, 0.29) is 11.6 Å². The number of carbonyl (C=O) groups excluding carboxylic acids is 1. The summed E-state index contributed by atoms with van der Waals surface area (Å²) in [5, 5.41) is 14.1. The average Bonchev–Trinajstić information content (AvgIpc) is 3.24. The van der Waals surface area contributed by atoms with E-state index >= 15 is 0 Å². The van der Waals surface area contributed by atoms with E-state index in [1.807, 2.05) is 24.3 Å². The maximum absolute atomic E-state index is 12.9. The zero-order chi connectivity index (χ0) is 20.1. The summed E-state index contributed by atoms with van der Waals surface area (Å²) >= 11 is 0. The van der Waals surface area contributed by atoms with Gasteiger partial charge in [-0.25, -0.2) is 0 Å². The average molecular weight is 382 g/mol. The molecule has 1 amide bonds. The Kier molecular flexibility index (Phi) is 6.13. The third-order valence-corrected chi connectivity index (χ3v) is 5.14. The molecule has 3 rings (SSSR count). The molecule has 28 heavy (non-hydrogen) atoms. The fourth-order valence-electron chi connectivity index (χ4n) is 3.60. The Morgan fingerprint density at radius 1 is 1.11 bits per heavy atom. The van der Waals surface area contributed by atoms with Crippen LogP contribution >= 0.6 is 0 Å². The van der Waals surface area contributed by atoms with Crippen LogP contribution in [0.1, 0.15) is 37.0 Å². The zero-order valence-electron chi connectivity index (χ0n) is 16.4. The first-order valence-electron chi connectivity index (χ1n) is 9.73. The summed E-state index contributed by atoms with van der Waals surface area (Å²) in [7, 11) is 0. The molecule has 0 spiro atoms. The molecule has 0 aliphatic carbocycles. The van der Waals surface area contributed by atoms with Gasteiger partial charge in [-0.2, -0.15) is 0 Å². The lowest BCUT2D eigenvalue weighted by molar-refractivity contribution is -0.384. The van der Waals surface area contributed by atoms with Crippen molar-refractivity contribution in [3.63, 3.8) is 0 Å². The predicted molar refractivity (Wildman–Crippen MR) is 112 cm³/mol. The molecule has 1 aliphatic heterocycles. The van der Waals surface area contributed by atoms with Gasteiger partial charge >= 0.3 is 0 Å². The summed E-state index contributed by atoms with van der Waals surface area (Å²) in [6.45, 7) is 7.74. The number of nitro groups is 1. The Labute approximate surface area is 165 Å². The van der Waals surface area contributed by atoms with Gasteiger partial charge in [-0.15, -0.1) is 0 Å². The quantitative estimate of drug-likeness (QED) is 0.571. The fraction of sp³-hybridized carbons (Fsp3) is 0.381. The van der Waals surface area contributed by atoms with Crippen molar-refractivity contribution in [1.29, 1.82) is 0 Å². The minimum atomic E-state index is -0.469. The van der Waals surface area contributed by atoms with Crippen LogP contribution in [0.25, 0.3) is 0 Å². The second-order valence-electron chi connectivity index (χ2n) is 6.83. The van der Waals surface area contributed by atoms with E-state index in [4.69, 9.17) is 0 Å². The number of nitrogens with zero attached hydrogens (tertiary/aromatic N) is 3. The molecule has 2 aromatic rings. The first-order chi connectivity index (χ1) is 13.5. The molecule has 0 saturated carbocycles. The Bertz CT molecular complexity index is 841. The molecule has 1 fully saturated rings. The highest BCUT2D eigenvalue weighted by Gasteiger charge is 2.22. The van der Waals surface area contributed by atoms with Gasteiger partial charge in [0.05, 0.1) is 16.2 Å². The maximum atomic E-state index is 12.9. The van der Waals surface area contributed by atoms with Crippen LogP contribution in [0.15, 0.2) is 42.5 Å². The van der Waals surface area contributed by atoms with Crippen molar-refractivity contribution >= 4 is 28.7 Å². The van der Waals surface area contributed by atoms with E-state index in [2.05, 4.69) is 29.0 Å². The number of anilines is 3. The molecular weight excluding hydrogens is 356 g/mol. The highest BCUT2D eigenvalue weighted by atomic mass is 16.6. The first kappa shape index (κ1) is 19.7. The molecule has 0 aromatic heterocycles. The van der Waals surface area contributed by atoms with Gasteiger partial charge in [0.1, 0.15) is 0 Å². The molecular formula is C21H26N4O3. The number of nitrogens with one attached hydrogen (secondary N) is 1. The van der Waals surface area contributed by atoms with Crippen LogP contribution < -0.4 is 15.1 Å². The maximum Gasteiger partial charge on any atom is 0.270 e. The summed E-state index contributed by atoms with van der Waals surface area (Å²) in [5.41, 5.74) is 2.77. The highest BCUT2D eigenvalue weighted by molar-refractivity contribution is 6.08. The molecule has 7 nitrogen and oxygen atoms in total. The van der Waals surface area contributed by atoms with Crippen LogP contribution in [0.3, 0.4) is 0 Å². The Hall–Kier alpha value is -3.09. The van der Waals surface area contributed by atoms with Gasteiger partial charge in [0, 0.05) is 49.7 Å². The van der Waals surface area contributed by atoms with Gasteiger partial charge in [-0.05, 0) is 57.0 Å². The Morgan fingerprint density at radius 3 is 2.32 bits per heavy atom. The van der Waals surface area contributed by atoms with Crippen LogP contribution in [0, 0.1) is 10.1 Å². The van der Waals surface area contributed by atoms with Gasteiger partial charge in [-0.3, -0.25) is 14.9 Å². The molecule has 7 heteroatoms. The van der Waals surface area contributed by atoms with Crippen molar-refractivity contribution in [2.75, 3.05) is 41.3 Å². The Balaban J connectivity index is 1.84. The summed E-state index contributed by atoms with van der Waals surface area (Å²) in [6, 6.07) is 12.2. The van der Waals surface area contributed by atoms with Crippen molar-refractivity contribution in [3.8, 4) is 0 Å². The summed E-state index contributed by atoms with van der Waals surface area (Å²) in [4.78, 5) is 28.0. The van der Waals surface area contributed by atoms with Crippen LogP contribution in [-0.4, -0.2) is 37.0 Å². The summed E-state index contributed by atoms with van der Waals surface area (Å²) in [5.74, 6) is -0.332. The summed E-state index contributed by atoms with van der Waals surface area (Å²) < 4.78 is 0. The molecule has 0 radical (unpaired) electrons. The Morgan fingerprint density at radius 2 is 1.75 bits per heavy atom. The smallest absolute Gasteiger partial charge is 0.270 e. The van der Waals surface area contributed by atoms with Gasteiger partial charge in [-0.1, -0.05) is 0 Å². The van der Waals surface area contributed by atoms with E-state index in [1.54, 1.807) is 6.07 Å². The van der Waals surface area contributed by atoms with Crippen LogP contribution in [-0.2, 0) is 0 Å². The third-order valence-electron chi connectivity index (χ3n) is 5.14. The number of hydrogen-bond acceptors (Lipinski definition) is 5. The van der Waals surface area contributed by atoms with E-state index < -0.39 is 4.92 Å². The number of carbonyl (C=O) groups is 1. The van der Waals surface area contributed by atoms with Crippen LogP contribution in [0.4, 0.5) is 22.7 Å². The van der Waals surface area contributed by atoms with Crippen molar-refractivity contribution in [2.45, 2.75) is 26.7 Å². The monoisotopic (exact) mass is 382 g/mol. The first-order valence-corrected chi connectivity index (χ1v) is 9.73. The number of rotatable bonds is 7. The molecule has 1 heterocycles. The molecule has 0 bridgehead atoms. The van der Waals surface area contributed by atoms with Crippen LogP contribution in [0.2, 0.25) is 0 Å². The number of amides is 1. The number of non-ortho nitro benzene ring substituents is 1. The van der Waals surface area contributed by atoms with Crippen molar-refractivity contribution in [3.05, 3.63) is 58.1 Å². The van der Waals surface area contributed by atoms with Crippen molar-refractivity contribution < 1.29 is 9.72 Å². The van der Waals surface area contributed by atoms with Gasteiger partial charge in [0.25, 0.3) is 11.6 Å². The van der Waals surface area contributed by atoms with Gasteiger partial charge in [0.2, 0.25) is 0 Å². The highest BCUT2D eigenvalue weighted by Crippen LogP contribution is 2.29. The summed E-state index contributed by atoms with van der Waals surface area (Å²) in [6.07, 6.45) is 2.12. The normalized spacial score (nSPS) is 13.4. The topological polar surface area (TPSA) is 78.7 Å². The molecule has 2 aromatic carbocycles. The molecule has 1 saturated heterocycles. The van der Waals surface area contributed by atoms with Crippen molar-refractivity contribution in [1.82, 2.24) is 0 Å².